The number of ether oxygens (including phenoxy) is 2. The van der Waals surface area contributed by atoms with Gasteiger partial charge in [-0.05, 0) is 13.3 Å². The van der Waals surface area contributed by atoms with Gasteiger partial charge >= 0.3 is 0 Å². The van der Waals surface area contributed by atoms with Gasteiger partial charge in [-0.15, -0.1) is 0 Å². The van der Waals surface area contributed by atoms with Crippen molar-refractivity contribution >= 4 is 0 Å². The zero-order valence-electron chi connectivity index (χ0n) is 7.54. The van der Waals surface area contributed by atoms with Crippen molar-refractivity contribution in [1.29, 1.82) is 0 Å². The van der Waals surface area contributed by atoms with Crippen molar-refractivity contribution in [2.75, 3.05) is 20.3 Å². The van der Waals surface area contributed by atoms with Gasteiger partial charge < -0.3 is 14.6 Å². The summed E-state index contributed by atoms with van der Waals surface area (Å²) in [4.78, 5) is 0. The number of methoxy groups -OCH3 is 1. The summed E-state index contributed by atoms with van der Waals surface area (Å²) >= 11 is 0. The Labute approximate surface area is 68.3 Å². The first kappa shape index (κ1) is 10.9. The molecule has 2 unspecified atom stereocenters. The van der Waals surface area contributed by atoms with Gasteiger partial charge in [0.05, 0.1) is 19.3 Å². The van der Waals surface area contributed by atoms with E-state index in [1.807, 2.05) is 13.8 Å². The van der Waals surface area contributed by atoms with Crippen molar-refractivity contribution in [3.63, 3.8) is 0 Å². The molecule has 0 aromatic heterocycles. The number of hydrogen-bond donors (Lipinski definition) is 1. The first-order valence-electron chi connectivity index (χ1n) is 3.99. The Bertz CT molecular complexity index is 85.4. The minimum Gasteiger partial charge on any atom is -0.388 e. The molecule has 3 heteroatoms. The Balaban J connectivity index is 3.22. The Morgan fingerprint density at radius 3 is 2.45 bits per heavy atom. The molecule has 68 valence electrons. The third-order valence-electron chi connectivity index (χ3n) is 1.51. The lowest BCUT2D eigenvalue weighted by Gasteiger charge is -2.13. The van der Waals surface area contributed by atoms with Gasteiger partial charge in [0, 0.05) is 7.11 Å². The average Bonchev–Trinajstić information content (AvgIpc) is 2.01. The molecule has 0 bridgehead atoms. The highest BCUT2D eigenvalue weighted by Gasteiger charge is 2.05. The van der Waals surface area contributed by atoms with E-state index in [1.54, 1.807) is 7.11 Å². The van der Waals surface area contributed by atoms with E-state index in [4.69, 9.17) is 14.6 Å². The van der Waals surface area contributed by atoms with Crippen LogP contribution >= 0.6 is 0 Å². The second kappa shape index (κ2) is 6.58. The molecular formula is C8H18O3. The molecule has 0 aliphatic carbocycles. The van der Waals surface area contributed by atoms with Crippen LogP contribution in [0, 0.1) is 0 Å². The highest BCUT2D eigenvalue weighted by molar-refractivity contribution is 4.53. The van der Waals surface area contributed by atoms with E-state index in [0.29, 0.717) is 13.2 Å². The van der Waals surface area contributed by atoms with Crippen LogP contribution in [0.1, 0.15) is 20.3 Å². The summed E-state index contributed by atoms with van der Waals surface area (Å²) in [7, 11) is 1.56. The molecular weight excluding hydrogens is 144 g/mol. The second-order valence-electron chi connectivity index (χ2n) is 2.66. The number of aliphatic hydroxyl groups excluding tert-OH is 1. The van der Waals surface area contributed by atoms with Crippen LogP contribution in [0.3, 0.4) is 0 Å². The molecule has 0 aromatic rings. The zero-order valence-corrected chi connectivity index (χ0v) is 7.54. The summed E-state index contributed by atoms with van der Waals surface area (Å²) in [5, 5.41) is 9.14. The summed E-state index contributed by atoms with van der Waals surface area (Å²) < 4.78 is 10.0. The quantitative estimate of drug-likeness (QED) is 0.628. The number of rotatable bonds is 6. The lowest BCUT2D eigenvalue weighted by atomic mass is 10.3. The van der Waals surface area contributed by atoms with Gasteiger partial charge in [-0.2, -0.15) is 0 Å². The fraction of sp³-hybridized carbons (Fsp3) is 1.00. The molecule has 0 radical (unpaired) electrons. The second-order valence-corrected chi connectivity index (χ2v) is 2.66. The maximum atomic E-state index is 9.14. The van der Waals surface area contributed by atoms with E-state index >= 15 is 0 Å². The molecule has 0 heterocycles. The van der Waals surface area contributed by atoms with Gasteiger partial charge in [0.2, 0.25) is 0 Å². The predicted octanol–water partition coefficient (Wildman–Crippen LogP) is 0.809. The SMILES string of the molecule is CCC(C)OCC(O)COC. The maximum Gasteiger partial charge on any atom is 0.101 e. The van der Waals surface area contributed by atoms with Crippen LogP contribution in [0.4, 0.5) is 0 Å². The Morgan fingerprint density at radius 2 is 2.00 bits per heavy atom. The van der Waals surface area contributed by atoms with Crippen LogP contribution in [0.2, 0.25) is 0 Å². The Morgan fingerprint density at radius 1 is 1.36 bits per heavy atom. The lowest BCUT2D eigenvalue weighted by Crippen LogP contribution is -2.23. The van der Waals surface area contributed by atoms with Gasteiger partial charge in [0.15, 0.2) is 0 Å². The average molecular weight is 162 g/mol. The lowest BCUT2D eigenvalue weighted by molar-refractivity contribution is -0.0316. The molecule has 0 saturated carbocycles. The van der Waals surface area contributed by atoms with Crippen LogP contribution in [0.5, 0.6) is 0 Å². The smallest absolute Gasteiger partial charge is 0.101 e. The van der Waals surface area contributed by atoms with Gasteiger partial charge in [0.1, 0.15) is 6.10 Å². The van der Waals surface area contributed by atoms with Crippen LogP contribution in [0.25, 0.3) is 0 Å². The minimum atomic E-state index is -0.492. The Kier molecular flexibility index (Phi) is 6.51. The standard InChI is InChI=1S/C8H18O3/c1-4-7(2)11-6-8(9)5-10-3/h7-9H,4-6H2,1-3H3. The molecule has 3 nitrogen and oxygen atoms in total. The monoisotopic (exact) mass is 162 g/mol. The van der Waals surface area contributed by atoms with Crippen LogP contribution < -0.4 is 0 Å². The van der Waals surface area contributed by atoms with E-state index in [0.717, 1.165) is 6.42 Å². The van der Waals surface area contributed by atoms with E-state index in [2.05, 4.69) is 0 Å². The van der Waals surface area contributed by atoms with E-state index < -0.39 is 6.10 Å². The third-order valence-corrected chi connectivity index (χ3v) is 1.51. The van der Waals surface area contributed by atoms with Crippen molar-refractivity contribution in [3.05, 3.63) is 0 Å². The molecule has 0 amide bonds. The van der Waals surface area contributed by atoms with Crippen molar-refractivity contribution in [2.24, 2.45) is 0 Å². The highest BCUT2D eigenvalue weighted by atomic mass is 16.5. The van der Waals surface area contributed by atoms with Crippen molar-refractivity contribution in [1.82, 2.24) is 0 Å². The molecule has 11 heavy (non-hydrogen) atoms. The minimum absolute atomic E-state index is 0.224. The first-order chi connectivity index (χ1) is 5.20. The summed E-state index contributed by atoms with van der Waals surface area (Å²) in [5.41, 5.74) is 0. The van der Waals surface area contributed by atoms with Crippen molar-refractivity contribution < 1.29 is 14.6 Å². The highest BCUT2D eigenvalue weighted by Crippen LogP contribution is 1.97. The molecule has 0 rings (SSSR count). The van der Waals surface area contributed by atoms with Crippen LogP contribution in [0.15, 0.2) is 0 Å². The topological polar surface area (TPSA) is 38.7 Å². The predicted molar refractivity (Wildman–Crippen MR) is 43.6 cm³/mol. The zero-order chi connectivity index (χ0) is 8.69. The normalized spacial score (nSPS) is 16.4. The van der Waals surface area contributed by atoms with Gasteiger partial charge in [0.25, 0.3) is 0 Å². The number of hydrogen-bond acceptors (Lipinski definition) is 3. The van der Waals surface area contributed by atoms with Crippen LogP contribution in [-0.2, 0) is 9.47 Å². The van der Waals surface area contributed by atoms with Gasteiger partial charge in [-0.1, -0.05) is 6.92 Å². The molecule has 2 atom stereocenters. The van der Waals surface area contributed by atoms with E-state index in [9.17, 15) is 0 Å². The van der Waals surface area contributed by atoms with E-state index in [-0.39, 0.29) is 6.10 Å². The van der Waals surface area contributed by atoms with Gasteiger partial charge in [-0.25, -0.2) is 0 Å². The maximum absolute atomic E-state index is 9.14. The first-order valence-corrected chi connectivity index (χ1v) is 3.99. The molecule has 0 saturated heterocycles. The molecule has 1 N–H and O–H groups in total. The summed E-state index contributed by atoms with van der Waals surface area (Å²) in [6.07, 6.45) is 0.704. The molecule has 0 spiro atoms. The van der Waals surface area contributed by atoms with E-state index in [1.165, 1.54) is 0 Å². The Hall–Kier alpha value is -0.120. The molecule has 0 aliphatic rings. The van der Waals surface area contributed by atoms with Crippen molar-refractivity contribution in [3.8, 4) is 0 Å². The van der Waals surface area contributed by atoms with Gasteiger partial charge in [-0.3, -0.25) is 0 Å². The summed E-state index contributed by atoms with van der Waals surface area (Å²) in [6, 6.07) is 0. The molecule has 0 aromatic carbocycles. The fourth-order valence-electron chi connectivity index (χ4n) is 0.634. The van der Waals surface area contributed by atoms with Crippen molar-refractivity contribution in [2.45, 2.75) is 32.5 Å². The molecule has 0 fully saturated rings. The third kappa shape index (κ3) is 6.28. The van der Waals surface area contributed by atoms with Crippen LogP contribution in [-0.4, -0.2) is 37.6 Å². The number of aliphatic hydroxyl groups is 1. The molecule has 0 aliphatic heterocycles. The summed E-state index contributed by atoms with van der Waals surface area (Å²) in [6.45, 7) is 4.74. The summed E-state index contributed by atoms with van der Waals surface area (Å²) in [5.74, 6) is 0. The fourth-order valence-corrected chi connectivity index (χ4v) is 0.634. The largest absolute Gasteiger partial charge is 0.388 e.